The average Bonchev–Trinajstić information content (AvgIpc) is 3.43. The normalized spacial score (nSPS) is 14.9. The molecule has 1 aliphatic rings. The average molecular weight is 445 g/mol. The van der Waals surface area contributed by atoms with Crippen molar-refractivity contribution in [3.63, 3.8) is 0 Å². The Labute approximate surface area is 192 Å². The Balaban J connectivity index is 1.25. The van der Waals surface area contributed by atoms with Crippen molar-refractivity contribution in [2.24, 2.45) is 5.92 Å². The Morgan fingerprint density at radius 1 is 1.00 bits per heavy atom. The summed E-state index contributed by atoms with van der Waals surface area (Å²) in [5, 5.41) is 8.47. The van der Waals surface area contributed by atoms with Gasteiger partial charge in [-0.05, 0) is 72.7 Å². The summed E-state index contributed by atoms with van der Waals surface area (Å²) in [6, 6.07) is 17.8. The smallest absolute Gasteiger partial charge is 0.265 e. The Bertz CT molecular complexity index is 1170. The van der Waals surface area contributed by atoms with Crippen LogP contribution in [0.25, 0.3) is 22.4 Å². The topological polar surface area (TPSA) is 69.8 Å². The van der Waals surface area contributed by atoms with Gasteiger partial charge in [0.2, 0.25) is 0 Å². The fourth-order valence-corrected chi connectivity index (χ4v) is 5.02. The number of nitrogens with one attached hydrogen (secondary N) is 3. The van der Waals surface area contributed by atoms with Gasteiger partial charge in [-0.25, -0.2) is 4.98 Å². The van der Waals surface area contributed by atoms with Gasteiger partial charge < -0.3 is 15.6 Å². The zero-order valence-electron chi connectivity index (χ0n) is 18.1. The second-order valence-electron chi connectivity index (χ2n) is 8.56. The number of carbonyl (C=O) groups excluding carboxylic acids is 1. The molecule has 0 unspecified atom stereocenters. The maximum atomic E-state index is 12.2. The molecule has 6 heteroatoms. The van der Waals surface area contributed by atoms with Gasteiger partial charge in [0, 0.05) is 23.5 Å². The van der Waals surface area contributed by atoms with Crippen LogP contribution >= 0.6 is 11.3 Å². The molecule has 2 aromatic carbocycles. The lowest BCUT2D eigenvalue weighted by atomic mass is 10.0. The summed E-state index contributed by atoms with van der Waals surface area (Å²) < 4.78 is 0. The molecule has 4 aromatic rings. The monoisotopic (exact) mass is 444 g/mol. The highest BCUT2D eigenvalue weighted by Crippen LogP contribution is 2.26. The molecule has 2 heterocycles. The molecule has 1 fully saturated rings. The summed E-state index contributed by atoms with van der Waals surface area (Å²) in [7, 11) is 0. The Morgan fingerprint density at radius 3 is 2.53 bits per heavy atom. The van der Waals surface area contributed by atoms with Crippen molar-refractivity contribution in [2.75, 3.05) is 17.2 Å². The van der Waals surface area contributed by atoms with E-state index in [2.05, 4.69) is 33.8 Å². The van der Waals surface area contributed by atoms with Gasteiger partial charge in [-0.2, -0.15) is 0 Å². The number of hydrogen-bond acceptors (Lipinski definition) is 4. The van der Waals surface area contributed by atoms with Crippen LogP contribution in [0.3, 0.4) is 0 Å². The molecule has 0 radical (unpaired) electrons. The van der Waals surface area contributed by atoms with Crippen molar-refractivity contribution < 1.29 is 4.79 Å². The zero-order chi connectivity index (χ0) is 21.8. The number of amides is 1. The van der Waals surface area contributed by atoms with Gasteiger partial charge in [0.15, 0.2) is 0 Å². The Kier molecular flexibility index (Phi) is 6.21. The molecule has 2 aromatic heterocycles. The fraction of sp³-hybridized carbons (Fsp3) is 0.308. The minimum atomic E-state index is -0.0830. The van der Waals surface area contributed by atoms with E-state index >= 15 is 0 Å². The third kappa shape index (κ3) is 4.86. The van der Waals surface area contributed by atoms with Crippen molar-refractivity contribution >= 4 is 39.7 Å². The van der Waals surface area contributed by atoms with Crippen LogP contribution in [-0.2, 0) is 0 Å². The number of anilines is 2. The van der Waals surface area contributed by atoms with E-state index in [0.29, 0.717) is 4.88 Å². The van der Waals surface area contributed by atoms with Crippen molar-refractivity contribution in [1.29, 1.82) is 0 Å². The van der Waals surface area contributed by atoms with Gasteiger partial charge in [0.05, 0.1) is 15.9 Å². The van der Waals surface area contributed by atoms with Crippen molar-refractivity contribution in [1.82, 2.24) is 9.97 Å². The maximum Gasteiger partial charge on any atom is 0.265 e. The van der Waals surface area contributed by atoms with E-state index in [1.165, 1.54) is 49.9 Å². The van der Waals surface area contributed by atoms with Crippen LogP contribution in [-0.4, -0.2) is 22.4 Å². The van der Waals surface area contributed by atoms with E-state index in [9.17, 15) is 4.79 Å². The highest BCUT2D eigenvalue weighted by Gasteiger charge is 2.13. The first-order valence-electron chi connectivity index (χ1n) is 11.4. The SMILES string of the molecule is O=C(Nc1ccc(-c2nc3ccc(NCC4CCCCCC4)cc3[nH]2)cc1)c1cccs1. The lowest BCUT2D eigenvalue weighted by molar-refractivity contribution is 0.103. The molecule has 0 aliphatic heterocycles. The number of aromatic amines is 1. The van der Waals surface area contributed by atoms with Gasteiger partial charge in [-0.15, -0.1) is 11.3 Å². The number of imidazole rings is 1. The zero-order valence-corrected chi connectivity index (χ0v) is 18.9. The first-order chi connectivity index (χ1) is 15.7. The van der Waals surface area contributed by atoms with Gasteiger partial charge in [-0.3, -0.25) is 4.79 Å². The molecule has 3 N–H and O–H groups in total. The van der Waals surface area contributed by atoms with Gasteiger partial charge in [-0.1, -0.05) is 31.7 Å². The highest BCUT2D eigenvalue weighted by atomic mass is 32.1. The van der Waals surface area contributed by atoms with E-state index in [0.717, 1.165) is 46.3 Å². The third-order valence-electron chi connectivity index (χ3n) is 6.21. The summed E-state index contributed by atoms with van der Waals surface area (Å²) in [6.45, 7) is 1.05. The summed E-state index contributed by atoms with van der Waals surface area (Å²) in [5.41, 5.74) is 4.89. The van der Waals surface area contributed by atoms with Gasteiger partial charge >= 0.3 is 0 Å². The number of nitrogens with zero attached hydrogens (tertiary/aromatic N) is 1. The predicted molar refractivity (Wildman–Crippen MR) is 133 cm³/mol. The van der Waals surface area contributed by atoms with Crippen LogP contribution in [0, 0.1) is 5.92 Å². The maximum absolute atomic E-state index is 12.2. The van der Waals surface area contributed by atoms with E-state index < -0.39 is 0 Å². The molecule has 0 saturated heterocycles. The summed E-state index contributed by atoms with van der Waals surface area (Å²) in [4.78, 5) is 21.1. The predicted octanol–water partition coefficient (Wildman–Crippen LogP) is 6.93. The number of aromatic nitrogens is 2. The second kappa shape index (κ2) is 9.57. The summed E-state index contributed by atoms with van der Waals surface area (Å²) >= 11 is 1.43. The molecule has 1 saturated carbocycles. The van der Waals surface area contributed by atoms with Crippen molar-refractivity contribution in [3.8, 4) is 11.4 Å². The van der Waals surface area contributed by atoms with Crippen molar-refractivity contribution in [2.45, 2.75) is 38.5 Å². The van der Waals surface area contributed by atoms with Crippen LogP contribution in [0.15, 0.2) is 60.0 Å². The van der Waals surface area contributed by atoms with Crippen molar-refractivity contribution in [3.05, 3.63) is 64.9 Å². The number of fused-ring (bicyclic) bond motifs is 1. The van der Waals surface area contributed by atoms with Crippen LogP contribution in [0.1, 0.15) is 48.2 Å². The standard InChI is InChI=1S/C26H28N4OS/c31-26(24-8-5-15-32-24)28-20-11-9-19(10-12-20)25-29-22-14-13-21(16-23(22)30-25)27-17-18-6-3-1-2-4-7-18/h5,8-16,18,27H,1-4,6-7,17H2,(H,28,31)(H,29,30). The number of thiophene rings is 1. The molecule has 32 heavy (non-hydrogen) atoms. The van der Waals surface area contributed by atoms with Crippen LogP contribution < -0.4 is 10.6 Å². The number of benzene rings is 2. The Morgan fingerprint density at radius 2 is 1.78 bits per heavy atom. The molecule has 0 spiro atoms. The second-order valence-corrected chi connectivity index (χ2v) is 9.51. The van der Waals surface area contributed by atoms with E-state index in [-0.39, 0.29) is 5.91 Å². The molecule has 5 nitrogen and oxygen atoms in total. The largest absolute Gasteiger partial charge is 0.385 e. The number of carbonyl (C=O) groups is 1. The first-order valence-corrected chi connectivity index (χ1v) is 12.3. The van der Waals surface area contributed by atoms with Gasteiger partial charge in [0.1, 0.15) is 5.82 Å². The molecule has 1 aliphatic carbocycles. The quantitative estimate of drug-likeness (QED) is 0.283. The molecule has 164 valence electrons. The van der Waals surface area contributed by atoms with Crippen LogP contribution in [0.5, 0.6) is 0 Å². The molecular formula is C26H28N4OS. The van der Waals surface area contributed by atoms with Crippen LogP contribution in [0.2, 0.25) is 0 Å². The highest BCUT2D eigenvalue weighted by molar-refractivity contribution is 7.12. The molecule has 5 rings (SSSR count). The summed E-state index contributed by atoms with van der Waals surface area (Å²) in [6.07, 6.45) is 8.20. The Hall–Kier alpha value is -3.12. The fourth-order valence-electron chi connectivity index (χ4n) is 4.40. The van der Waals surface area contributed by atoms with Crippen LogP contribution in [0.4, 0.5) is 11.4 Å². The number of hydrogen-bond donors (Lipinski definition) is 3. The minimum Gasteiger partial charge on any atom is -0.385 e. The van der Waals surface area contributed by atoms with Gasteiger partial charge in [0.25, 0.3) is 5.91 Å². The first kappa shape index (κ1) is 20.8. The minimum absolute atomic E-state index is 0.0830. The van der Waals surface area contributed by atoms with E-state index in [1.807, 2.05) is 41.8 Å². The van der Waals surface area contributed by atoms with E-state index in [4.69, 9.17) is 4.98 Å². The third-order valence-corrected chi connectivity index (χ3v) is 7.08. The lowest BCUT2D eigenvalue weighted by Gasteiger charge is -2.15. The molecule has 0 bridgehead atoms. The lowest BCUT2D eigenvalue weighted by Crippen LogP contribution is -2.13. The number of H-pyrrole nitrogens is 1. The molecule has 0 atom stereocenters. The molecule has 1 amide bonds. The molecular weight excluding hydrogens is 416 g/mol. The van der Waals surface area contributed by atoms with E-state index in [1.54, 1.807) is 0 Å². The summed E-state index contributed by atoms with van der Waals surface area (Å²) in [5.74, 6) is 1.53. The number of rotatable bonds is 6.